The van der Waals surface area contributed by atoms with Crippen molar-refractivity contribution in [3.63, 3.8) is 0 Å². The van der Waals surface area contributed by atoms with Gasteiger partial charge in [0.15, 0.2) is 0 Å². The summed E-state index contributed by atoms with van der Waals surface area (Å²) in [6, 6.07) is 16.5. The third-order valence-electron chi connectivity index (χ3n) is 3.60. The maximum absolute atomic E-state index is 12.3. The molecule has 0 aromatic heterocycles. The Morgan fingerprint density at radius 1 is 1.04 bits per heavy atom. The lowest BCUT2D eigenvalue weighted by Crippen LogP contribution is -2.28. The molecule has 0 fully saturated rings. The Morgan fingerprint density at radius 2 is 1.71 bits per heavy atom. The van der Waals surface area contributed by atoms with E-state index >= 15 is 0 Å². The van der Waals surface area contributed by atoms with Gasteiger partial charge in [-0.15, -0.1) is 0 Å². The fourth-order valence-corrected chi connectivity index (χ4v) is 3.37. The maximum atomic E-state index is 12.3. The van der Waals surface area contributed by atoms with Gasteiger partial charge < -0.3 is 9.64 Å². The molecule has 2 rings (SSSR count). The number of para-hydroxylation sites is 1. The Morgan fingerprint density at radius 3 is 2.33 bits per heavy atom. The van der Waals surface area contributed by atoms with Gasteiger partial charge in [0.25, 0.3) is 0 Å². The molecule has 0 radical (unpaired) electrons. The molecule has 0 unspecified atom stereocenters. The van der Waals surface area contributed by atoms with Crippen molar-refractivity contribution in [3.05, 3.63) is 54.6 Å². The molecular formula is C18H24N2O3S. The van der Waals surface area contributed by atoms with E-state index in [0.717, 1.165) is 18.7 Å². The van der Waals surface area contributed by atoms with Gasteiger partial charge in [-0.1, -0.05) is 18.2 Å². The fourth-order valence-electron chi connectivity index (χ4n) is 2.30. The van der Waals surface area contributed by atoms with Crippen LogP contribution in [0.2, 0.25) is 0 Å². The van der Waals surface area contributed by atoms with Gasteiger partial charge >= 0.3 is 0 Å². The lowest BCUT2D eigenvalue weighted by molar-refractivity contribution is 0.340. The zero-order valence-corrected chi connectivity index (χ0v) is 14.9. The molecule has 0 amide bonds. The van der Waals surface area contributed by atoms with Crippen LogP contribution in [0.4, 0.5) is 5.69 Å². The molecule has 2 aromatic rings. The molecular weight excluding hydrogens is 324 g/mol. The molecule has 6 heteroatoms. The van der Waals surface area contributed by atoms with Crippen LogP contribution in [0, 0.1) is 0 Å². The second kappa shape index (κ2) is 8.70. The topological polar surface area (TPSA) is 58.6 Å². The van der Waals surface area contributed by atoms with E-state index in [4.69, 9.17) is 4.74 Å². The standard InChI is InChI=1S/C18H24N2O3S/c1-3-23-17-10-12-18(13-11-17)24(21,22)19-14-7-15-20(2)16-8-5-4-6-9-16/h4-6,8-13,19H,3,7,14-15H2,1-2H3. The zero-order valence-electron chi connectivity index (χ0n) is 14.1. The van der Waals surface area contributed by atoms with E-state index in [2.05, 4.69) is 9.62 Å². The number of hydrogen-bond donors (Lipinski definition) is 1. The minimum Gasteiger partial charge on any atom is -0.494 e. The first-order chi connectivity index (χ1) is 11.5. The lowest BCUT2D eigenvalue weighted by Gasteiger charge is -2.19. The van der Waals surface area contributed by atoms with Crippen molar-refractivity contribution >= 4 is 15.7 Å². The van der Waals surface area contributed by atoms with Gasteiger partial charge in [-0.3, -0.25) is 0 Å². The van der Waals surface area contributed by atoms with E-state index in [1.54, 1.807) is 24.3 Å². The van der Waals surface area contributed by atoms with Crippen LogP contribution in [0.15, 0.2) is 59.5 Å². The number of ether oxygens (including phenoxy) is 1. The Balaban J connectivity index is 1.82. The average Bonchev–Trinajstić information content (AvgIpc) is 2.60. The molecule has 2 aromatic carbocycles. The first kappa shape index (κ1) is 18.3. The molecule has 0 aliphatic rings. The second-order valence-electron chi connectivity index (χ2n) is 5.41. The molecule has 0 aliphatic heterocycles. The summed E-state index contributed by atoms with van der Waals surface area (Å²) >= 11 is 0. The Kier molecular flexibility index (Phi) is 6.63. The Hall–Kier alpha value is -2.05. The quantitative estimate of drug-likeness (QED) is 0.708. The van der Waals surface area contributed by atoms with Crippen LogP contribution >= 0.6 is 0 Å². The monoisotopic (exact) mass is 348 g/mol. The first-order valence-corrected chi connectivity index (χ1v) is 9.50. The van der Waals surface area contributed by atoms with Crippen molar-refractivity contribution in [2.24, 2.45) is 0 Å². The third-order valence-corrected chi connectivity index (χ3v) is 5.08. The number of rotatable bonds is 9. The number of nitrogens with one attached hydrogen (secondary N) is 1. The fraction of sp³-hybridized carbons (Fsp3) is 0.333. The minimum atomic E-state index is -3.48. The van der Waals surface area contributed by atoms with E-state index in [-0.39, 0.29) is 4.90 Å². The largest absolute Gasteiger partial charge is 0.494 e. The molecule has 24 heavy (non-hydrogen) atoms. The normalized spacial score (nSPS) is 11.2. The van der Waals surface area contributed by atoms with Crippen LogP contribution < -0.4 is 14.4 Å². The van der Waals surface area contributed by atoms with E-state index in [9.17, 15) is 8.42 Å². The highest BCUT2D eigenvalue weighted by Crippen LogP contribution is 2.16. The molecule has 0 bridgehead atoms. The number of hydrogen-bond acceptors (Lipinski definition) is 4. The summed E-state index contributed by atoms with van der Waals surface area (Å²) in [5.74, 6) is 0.668. The summed E-state index contributed by atoms with van der Waals surface area (Å²) in [6.45, 7) is 3.61. The van der Waals surface area contributed by atoms with Crippen molar-refractivity contribution in [1.29, 1.82) is 0 Å². The summed E-state index contributed by atoms with van der Waals surface area (Å²) in [4.78, 5) is 2.35. The van der Waals surface area contributed by atoms with Crippen LogP contribution in [-0.2, 0) is 10.0 Å². The molecule has 0 spiro atoms. The van der Waals surface area contributed by atoms with Crippen molar-refractivity contribution in [3.8, 4) is 5.75 Å². The van der Waals surface area contributed by atoms with E-state index in [1.807, 2.05) is 44.3 Å². The summed E-state index contributed by atoms with van der Waals surface area (Å²) < 4.78 is 32.5. The average molecular weight is 348 g/mol. The highest BCUT2D eigenvalue weighted by atomic mass is 32.2. The van der Waals surface area contributed by atoms with Crippen LogP contribution in [-0.4, -0.2) is 35.2 Å². The summed E-state index contributed by atoms with van der Waals surface area (Å²) in [7, 11) is -1.48. The van der Waals surface area contributed by atoms with Crippen molar-refractivity contribution in [2.75, 3.05) is 31.6 Å². The second-order valence-corrected chi connectivity index (χ2v) is 7.18. The predicted octanol–water partition coefficient (Wildman–Crippen LogP) is 2.89. The van der Waals surface area contributed by atoms with Crippen molar-refractivity contribution < 1.29 is 13.2 Å². The van der Waals surface area contributed by atoms with Crippen LogP contribution in [0.3, 0.4) is 0 Å². The van der Waals surface area contributed by atoms with Gasteiger partial charge in [-0.05, 0) is 49.7 Å². The Bertz CT molecular complexity index is 716. The van der Waals surface area contributed by atoms with E-state index in [1.165, 1.54) is 0 Å². The van der Waals surface area contributed by atoms with Gasteiger partial charge in [-0.2, -0.15) is 0 Å². The molecule has 0 heterocycles. The van der Waals surface area contributed by atoms with Gasteiger partial charge in [0.2, 0.25) is 10.0 Å². The zero-order chi connectivity index (χ0) is 17.4. The van der Waals surface area contributed by atoms with Crippen LogP contribution in [0.1, 0.15) is 13.3 Å². The molecule has 130 valence electrons. The van der Waals surface area contributed by atoms with E-state index in [0.29, 0.717) is 18.9 Å². The number of anilines is 1. The lowest BCUT2D eigenvalue weighted by atomic mass is 10.3. The number of sulfonamides is 1. The molecule has 0 atom stereocenters. The molecule has 0 saturated carbocycles. The third kappa shape index (κ3) is 5.25. The number of nitrogens with zero attached hydrogens (tertiary/aromatic N) is 1. The summed E-state index contributed by atoms with van der Waals surface area (Å²) in [6.07, 6.45) is 0.724. The van der Waals surface area contributed by atoms with Gasteiger partial charge in [0.05, 0.1) is 11.5 Å². The molecule has 0 aliphatic carbocycles. The highest BCUT2D eigenvalue weighted by molar-refractivity contribution is 7.89. The van der Waals surface area contributed by atoms with Crippen LogP contribution in [0.5, 0.6) is 5.75 Å². The minimum absolute atomic E-state index is 0.252. The number of benzene rings is 2. The molecule has 0 saturated heterocycles. The Labute approximate surface area is 144 Å². The predicted molar refractivity (Wildman–Crippen MR) is 97.1 cm³/mol. The highest BCUT2D eigenvalue weighted by Gasteiger charge is 2.13. The van der Waals surface area contributed by atoms with Gasteiger partial charge in [-0.25, -0.2) is 13.1 Å². The maximum Gasteiger partial charge on any atom is 0.240 e. The van der Waals surface area contributed by atoms with Crippen molar-refractivity contribution in [1.82, 2.24) is 4.72 Å². The molecule has 5 nitrogen and oxygen atoms in total. The molecule has 1 N–H and O–H groups in total. The summed E-state index contributed by atoms with van der Waals surface area (Å²) in [5, 5.41) is 0. The SMILES string of the molecule is CCOc1ccc(S(=O)(=O)NCCCN(C)c2ccccc2)cc1. The summed E-state index contributed by atoms with van der Waals surface area (Å²) in [5.41, 5.74) is 1.12. The van der Waals surface area contributed by atoms with Gasteiger partial charge in [0.1, 0.15) is 5.75 Å². The van der Waals surface area contributed by atoms with E-state index < -0.39 is 10.0 Å². The smallest absolute Gasteiger partial charge is 0.240 e. The van der Waals surface area contributed by atoms with Gasteiger partial charge in [0, 0.05) is 25.8 Å². The first-order valence-electron chi connectivity index (χ1n) is 8.01. The van der Waals surface area contributed by atoms with Crippen LogP contribution in [0.25, 0.3) is 0 Å². The van der Waals surface area contributed by atoms with Crippen molar-refractivity contribution in [2.45, 2.75) is 18.2 Å².